The van der Waals surface area contributed by atoms with E-state index in [1.807, 2.05) is 0 Å². The Bertz CT molecular complexity index is 233. The van der Waals surface area contributed by atoms with Crippen molar-refractivity contribution in [2.24, 2.45) is 17.8 Å². The van der Waals surface area contributed by atoms with Crippen molar-refractivity contribution in [2.75, 3.05) is 20.1 Å². The minimum Gasteiger partial charge on any atom is -0.390 e. The van der Waals surface area contributed by atoms with Gasteiger partial charge in [0, 0.05) is 13.1 Å². The fraction of sp³-hybridized carbons (Fsp3) is 1.00. The average molecular weight is 225 g/mol. The van der Waals surface area contributed by atoms with Crippen LogP contribution in [0.1, 0.15) is 46.0 Å². The first-order valence-corrected chi connectivity index (χ1v) is 6.92. The summed E-state index contributed by atoms with van der Waals surface area (Å²) in [5, 5.41) is 10.8. The molecule has 1 heterocycles. The fourth-order valence-corrected chi connectivity index (χ4v) is 3.45. The highest BCUT2D eigenvalue weighted by atomic mass is 16.3. The molecule has 1 aliphatic heterocycles. The van der Waals surface area contributed by atoms with E-state index in [9.17, 15) is 5.11 Å². The van der Waals surface area contributed by atoms with Crippen LogP contribution in [-0.4, -0.2) is 35.7 Å². The molecule has 0 bridgehead atoms. The molecule has 1 aliphatic carbocycles. The number of nitrogens with zero attached hydrogens (tertiary/aromatic N) is 1. The standard InChI is InChI=1S/C14H27NO/c1-11-4-5-13(10-12(11)2)14(16)6-8-15(3)9-7-14/h11-13,16H,4-10H2,1-3H3. The smallest absolute Gasteiger partial charge is 0.0700 e. The predicted octanol–water partition coefficient (Wildman–Crippen LogP) is 2.52. The van der Waals surface area contributed by atoms with Gasteiger partial charge < -0.3 is 10.0 Å². The van der Waals surface area contributed by atoms with Gasteiger partial charge in [0.15, 0.2) is 0 Å². The van der Waals surface area contributed by atoms with Crippen LogP contribution >= 0.6 is 0 Å². The summed E-state index contributed by atoms with van der Waals surface area (Å²) in [5.74, 6) is 2.21. The van der Waals surface area contributed by atoms with E-state index in [4.69, 9.17) is 0 Å². The highest BCUT2D eigenvalue weighted by molar-refractivity contribution is 4.94. The predicted molar refractivity (Wildman–Crippen MR) is 67.3 cm³/mol. The number of rotatable bonds is 1. The third-order valence-corrected chi connectivity index (χ3v) is 5.21. The molecule has 1 saturated heterocycles. The lowest BCUT2D eigenvalue weighted by Crippen LogP contribution is -2.49. The van der Waals surface area contributed by atoms with E-state index < -0.39 is 0 Å². The van der Waals surface area contributed by atoms with E-state index in [0.717, 1.165) is 37.8 Å². The third-order valence-electron chi connectivity index (χ3n) is 5.21. The summed E-state index contributed by atoms with van der Waals surface area (Å²) in [5.41, 5.74) is -0.346. The number of aliphatic hydroxyl groups is 1. The first-order chi connectivity index (χ1) is 7.51. The lowest BCUT2D eigenvalue weighted by atomic mass is 9.67. The van der Waals surface area contributed by atoms with E-state index >= 15 is 0 Å². The van der Waals surface area contributed by atoms with Gasteiger partial charge in [0.1, 0.15) is 0 Å². The molecule has 2 heteroatoms. The van der Waals surface area contributed by atoms with Crippen molar-refractivity contribution in [1.29, 1.82) is 0 Å². The molecule has 16 heavy (non-hydrogen) atoms. The van der Waals surface area contributed by atoms with Crippen molar-refractivity contribution >= 4 is 0 Å². The second-order valence-corrected chi connectivity index (χ2v) is 6.37. The molecule has 2 nitrogen and oxygen atoms in total. The zero-order valence-electron chi connectivity index (χ0n) is 11.1. The van der Waals surface area contributed by atoms with Crippen LogP contribution in [0.3, 0.4) is 0 Å². The van der Waals surface area contributed by atoms with Crippen LogP contribution in [0.15, 0.2) is 0 Å². The molecule has 3 atom stereocenters. The molecule has 1 saturated carbocycles. The Morgan fingerprint density at radius 3 is 2.25 bits per heavy atom. The zero-order valence-corrected chi connectivity index (χ0v) is 11.1. The maximum absolute atomic E-state index is 10.8. The molecule has 2 fully saturated rings. The van der Waals surface area contributed by atoms with Gasteiger partial charge in [-0.05, 0) is 50.5 Å². The van der Waals surface area contributed by atoms with Gasteiger partial charge in [0.25, 0.3) is 0 Å². The van der Waals surface area contributed by atoms with Gasteiger partial charge in [-0.15, -0.1) is 0 Å². The first-order valence-electron chi connectivity index (χ1n) is 6.92. The molecule has 2 rings (SSSR count). The van der Waals surface area contributed by atoms with Crippen LogP contribution < -0.4 is 0 Å². The number of hydrogen-bond donors (Lipinski definition) is 1. The van der Waals surface area contributed by atoms with Crippen LogP contribution in [0, 0.1) is 17.8 Å². The molecule has 3 unspecified atom stereocenters. The summed E-state index contributed by atoms with van der Waals surface area (Å²) in [7, 11) is 2.16. The minimum absolute atomic E-state index is 0.346. The summed E-state index contributed by atoms with van der Waals surface area (Å²) in [4.78, 5) is 2.34. The van der Waals surface area contributed by atoms with Crippen LogP contribution in [-0.2, 0) is 0 Å². The van der Waals surface area contributed by atoms with Gasteiger partial charge in [-0.1, -0.05) is 20.3 Å². The van der Waals surface area contributed by atoms with E-state index in [1.165, 1.54) is 19.3 Å². The maximum atomic E-state index is 10.8. The fourth-order valence-electron chi connectivity index (χ4n) is 3.45. The third kappa shape index (κ3) is 2.43. The monoisotopic (exact) mass is 225 g/mol. The Hall–Kier alpha value is -0.0800. The molecule has 0 aromatic rings. The van der Waals surface area contributed by atoms with Gasteiger partial charge >= 0.3 is 0 Å². The second-order valence-electron chi connectivity index (χ2n) is 6.37. The number of piperidine rings is 1. The van der Waals surface area contributed by atoms with Crippen molar-refractivity contribution < 1.29 is 5.11 Å². The molecule has 0 radical (unpaired) electrons. The number of likely N-dealkylation sites (tertiary alicyclic amines) is 1. The van der Waals surface area contributed by atoms with Crippen molar-refractivity contribution in [1.82, 2.24) is 4.90 Å². The quantitative estimate of drug-likeness (QED) is 0.741. The highest BCUT2D eigenvalue weighted by Crippen LogP contribution is 2.42. The van der Waals surface area contributed by atoms with Crippen LogP contribution in [0.4, 0.5) is 0 Å². The summed E-state index contributed by atoms with van der Waals surface area (Å²) in [6, 6.07) is 0. The zero-order chi connectivity index (χ0) is 11.8. The van der Waals surface area contributed by atoms with E-state index in [-0.39, 0.29) is 5.60 Å². The van der Waals surface area contributed by atoms with Crippen molar-refractivity contribution in [3.05, 3.63) is 0 Å². The van der Waals surface area contributed by atoms with Crippen LogP contribution in [0.2, 0.25) is 0 Å². The molecule has 0 aromatic carbocycles. The lowest BCUT2D eigenvalue weighted by Gasteiger charge is -2.46. The Balaban J connectivity index is 1.96. The molecule has 0 aromatic heterocycles. The average Bonchev–Trinajstić information content (AvgIpc) is 2.26. The van der Waals surface area contributed by atoms with E-state index in [0.29, 0.717) is 5.92 Å². The summed E-state index contributed by atoms with van der Waals surface area (Å²) in [6.45, 7) is 6.85. The molecule has 1 N–H and O–H groups in total. The SMILES string of the molecule is CC1CCC(C2(O)CCN(C)CC2)CC1C. The first kappa shape index (κ1) is 12.4. The Kier molecular flexibility index (Phi) is 3.60. The summed E-state index contributed by atoms with van der Waals surface area (Å²) < 4.78 is 0. The van der Waals surface area contributed by atoms with Crippen molar-refractivity contribution in [3.8, 4) is 0 Å². The summed E-state index contributed by atoms with van der Waals surface area (Å²) in [6.07, 6.45) is 5.75. The molecule has 0 amide bonds. The Labute approximate surface area is 100 Å². The van der Waals surface area contributed by atoms with Gasteiger partial charge in [-0.25, -0.2) is 0 Å². The molecule has 2 aliphatic rings. The maximum Gasteiger partial charge on any atom is 0.0700 e. The highest BCUT2D eigenvalue weighted by Gasteiger charge is 2.41. The van der Waals surface area contributed by atoms with Gasteiger partial charge in [0.2, 0.25) is 0 Å². The number of hydrogen-bond acceptors (Lipinski definition) is 2. The van der Waals surface area contributed by atoms with Crippen molar-refractivity contribution in [2.45, 2.75) is 51.6 Å². The minimum atomic E-state index is -0.346. The van der Waals surface area contributed by atoms with Crippen LogP contribution in [0.25, 0.3) is 0 Å². The lowest BCUT2D eigenvalue weighted by molar-refractivity contribution is -0.0838. The van der Waals surface area contributed by atoms with Gasteiger partial charge in [-0.3, -0.25) is 0 Å². The van der Waals surface area contributed by atoms with Crippen molar-refractivity contribution in [3.63, 3.8) is 0 Å². The molecule has 94 valence electrons. The van der Waals surface area contributed by atoms with Gasteiger partial charge in [-0.2, -0.15) is 0 Å². The van der Waals surface area contributed by atoms with E-state index in [1.54, 1.807) is 0 Å². The topological polar surface area (TPSA) is 23.5 Å². The largest absolute Gasteiger partial charge is 0.390 e. The molecular weight excluding hydrogens is 198 g/mol. The van der Waals surface area contributed by atoms with E-state index in [2.05, 4.69) is 25.8 Å². The summed E-state index contributed by atoms with van der Waals surface area (Å²) >= 11 is 0. The Morgan fingerprint density at radius 2 is 1.69 bits per heavy atom. The molecule has 0 spiro atoms. The molecular formula is C14H27NO. The second kappa shape index (κ2) is 4.66. The van der Waals surface area contributed by atoms with Crippen LogP contribution in [0.5, 0.6) is 0 Å². The normalized spacial score (nSPS) is 40.9. The van der Waals surface area contributed by atoms with Gasteiger partial charge in [0.05, 0.1) is 5.60 Å². The Morgan fingerprint density at radius 1 is 1.06 bits per heavy atom.